The molecule has 0 radical (unpaired) electrons. The number of ketones is 2. The molecule has 4 rings (SSSR count). The van der Waals surface area contributed by atoms with Gasteiger partial charge in [0.25, 0.3) is 0 Å². The molecule has 0 spiro atoms. The van der Waals surface area contributed by atoms with Crippen LogP contribution in [0.2, 0.25) is 0 Å². The first-order chi connectivity index (χ1) is 13.7. The van der Waals surface area contributed by atoms with Gasteiger partial charge in [0.15, 0.2) is 17.2 Å². The Bertz CT molecular complexity index is 903. The summed E-state index contributed by atoms with van der Waals surface area (Å²) in [4.78, 5) is 24.5. The van der Waals surface area contributed by atoms with E-state index in [4.69, 9.17) is 4.11 Å². The summed E-state index contributed by atoms with van der Waals surface area (Å²) in [5.41, 5.74) is -7.53. The number of carbonyl (C=O) groups excluding carboxylic acids is 2. The highest BCUT2D eigenvalue weighted by Gasteiger charge is 2.73. The first-order valence-corrected chi connectivity index (χ1v) is 9.39. The van der Waals surface area contributed by atoms with Gasteiger partial charge in [0.1, 0.15) is 12.2 Å². The van der Waals surface area contributed by atoms with Crippen LogP contribution in [0.5, 0.6) is 0 Å². The minimum atomic E-state index is -2.38. The number of Topliss-reactive ketones (excluding diaryl/α,β-unsaturated/α-hetero) is 1. The fraction of sp³-hybridized carbons (Fsp3) is 0.714. The summed E-state index contributed by atoms with van der Waals surface area (Å²) in [6, 6.07) is -0.584. The van der Waals surface area contributed by atoms with Crippen molar-refractivity contribution in [1.82, 2.24) is 0 Å². The van der Waals surface area contributed by atoms with Gasteiger partial charge < -0.3 is 15.3 Å². The van der Waals surface area contributed by atoms with Gasteiger partial charge in [-0.15, -0.1) is 0 Å². The molecular weight excluding hydrogens is 351 g/mol. The Labute approximate surface area is 162 Å². The van der Waals surface area contributed by atoms with E-state index in [2.05, 4.69) is 0 Å². The number of fused-ring (bicyclic) bond motifs is 5. The van der Waals surface area contributed by atoms with Crippen molar-refractivity contribution in [2.45, 2.75) is 63.3 Å². The van der Waals surface area contributed by atoms with Crippen LogP contribution in [0.3, 0.4) is 0 Å². The van der Waals surface area contributed by atoms with Crippen molar-refractivity contribution in [1.29, 1.82) is 0 Å². The number of hydrogen-bond acceptors (Lipinski definition) is 5. The summed E-state index contributed by atoms with van der Waals surface area (Å²) in [6.45, 7) is 2.13. The molecule has 4 aliphatic carbocycles. The number of halogens is 1. The molecule has 0 aliphatic heterocycles. The molecule has 3 saturated carbocycles. The molecule has 6 heteroatoms. The van der Waals surface area contributed by atoms with Gasteiger partial charge in [-0.3, -0.25) is 9.59 Å². The average molecular weight is 381 g/mol. The molecule has 3 fully saturated rings. The van der Waals surface area contributed by atoms with Crippen LogP contribution in [0.4, 0.5) is 4.39 Å². The van der Waals surface area contributed by atoms with Gasteiger partial charge in [-0.2, -0.15) is 0 Å². The Morgan fingerprint density at radius 1 is 1.41 bits per heavy atom. The van der Waals surface area contributed by atoms with E-state index in [-0.39, 0.29) is 31.3 Å². The molecule has 3 N–H and O–H groups in total. The Morgan fingerprint density at radius 3 is 2.78 bits per heavy atom. The molecule has 4 aliphatic rings. The van der Waals surface area contributed by atoms with Gasteiger partial charge in [-0.05, 0) is 57.0 Å². The summed E-state index contributed by atoms with van der Waals surface area (Å²) in [6.07, 6.45) is -1.91. The van der Waals surface area contributed by atoms with Crippen LogP contribution in [-0.4, -0.2) is 50.9 Å². The second kappa shape index (κ2) is 5.58. The first kappa shape index (κ1) is 15.5. The smallest absolute Gasteiger partial charge is 0.190 e. The lowest BCUT2D eigenvalue weighted by atomic mass is 9.44. The van der Waals surface area contributed by atoms with Crippen molar-refractivity contribution >= 4 is 11.6 Å². The van der Waals surface area contributed by atoms with Crippen LogP contribution < -0.4 is 0 Å². The molecule has 27 heavy (non-hydrogen) atoms. The third-order valence-corrected chi connectivity index (χ3v) is 7.94. The van der Waals surface area contributed by atoms with Crippen LogP contribution >= 0.6 is 0 Å². The van der Waals surface area contributed by atoms with E-state index >= 15 is 4.39 Å². The van der Waals surface area contributed by atoms with E-state index in [9.17, 15) is 24.9 Å². The van der Waals surface area contributed by atoms with Crippen LogP contribution in [0.1, 0.15) is 50.0 Å². The van der Waals surface area contributed by atoms with Gasteiger partial charge in [-0.25, -0.2) is 4.39 Å². The maximum atomic E-state index is 17.0. The molecule has 148 valence electrons. The Hall–Kier alpha value is -1.37. The van der Waals surface area contributed by atoms with Crippen molar-refractivity contribution < 1.29 is 33.4 Å². The number of aliphatic hydroxyl groups is 3. The largest absolute Gasteiger partial charge is 0.390 e. The minimum absolute atomic E-state index is 0.00666. The predicted octanol–water partition coefficient (Wildman–Crippen LogP) is 1.65. The standard InChI is InChI=1S/C21H27FO5/c1-18-7-5-13(24)9-12(18)3-4-15-14-6-8-20(27,17(26)11-23)19(14,2)10-16(25)21(15,18)22/h5,7,9,14-16,23,25,27H,3-4,6,8,10-11H2,1-2H3/t14-,15-,16-,18-,19-,20-,21-/m0/s1/i3D2,9D. The normalized spacial score (nSPS) is 55.1. The first-order valence-electron chi connectivity index (χ1n) is 10.9. The summed E-state index contributed by atoms with van der Waals surface area (Å²) < 4.78 is 42.3. The number of allylic oxidation sites excluding steroid dienone is 4. The fourth-order valence-corrected chi connectivity index (χ4v) is 6.32. The Morgan fingerprint density at radius 2 is 2.11 bits per heavy atom. The molecule has 0 bridgehead atoms. The predicted molar refractivity (Wildman–Crippen MR) is 95.4 cm³/mol. The monoisotopic (exact) mass is 381 g/mol. The molecule has 0 heterocycles. The van der Waals surface area contributed by atoms with Crippen molar-refractivity contribution in [3.63, 3.8) is 0 Å². The molecule has 0 aromatic rings. The maximum Gasteiger partial charge on any atom is 0.190 e. The van der Waals surface area contributed by atoms with Crippen molar-refractivity contribution in [3.05, 3.63) is 23.8 Å². The minimum Gasteiger partial charge on any atom is -0.390 e. The lowest BCUT2D eigenvalue weighted by molar-refractivity contribution is -0.217. The van der Waals surface area contributed by atoms with Crippen LogP contribution in [0, 0.1) is 22.7 Å². The third kappa shape index (κ3) is 2.04. The summed E-state index contributed by atoms with van der Waals surface area (Å²) in [5.74, 6) is -3.16. The highest BCUT2D eigenvalue weighted by Crippen LogP contribution is 2.69. The molecule has 0 unspecified atom stereocenters. The molecule has 5 nitrogen and oxygen atoms in total. The molecule has 7 atom stereocenters. The number of aliphatic hydroxyl groups excluding tert-OH is 2. The van der Waals surface area contributed by atoms with E-state index in [0.717, 1.165) is 6.08 Å². The van der Waals surface area contributed by atoms with Gasteiger partial charge >= 0.3 is 0 Å². The molecule has 0 aromatic heterocycles. The number of alkyl halides is 1. The van der Waals surface area contributed by atoms with Crippen LogP contribution in [0.15, 0.2) is 23.8 Å². The maximum absolute atomic E-state index is 17.0. The SMILES string of the molecule is [2H]C1=C2C([2H])([2H])C[C@H]3[C@@H]4CC[C@](O)(C(=O)CO)[C@@]4(C)C[C@H](O)[C@]3(F)[C@@]2(C)C=CC1=O. The summed E-state index contributed by atoms with van der Waals surface area (Å²) in [5, 5.41) is 31.7. The highest BCUT2D eigenvalue weighted by atomic mass is 19.1. The second-order valence-corrected chi connectivity index (χ2v) is 8.88. The topological polar surface area (TPSA) is 94.8 Å². The lowest BCUT2D eigenvalue weighted by Crippen LogP contribution is -2.69. The van der Waals surface area contributed by atoms with E-state index in [1.807, 2.05) is 0 Å². The van der Waals surface area contributed by atoms with Gasteiger partial charge in [0, 0.05) is 19.5 Å². The second-order valence-electron chi connectivity index (χ2n) is 8.88. The Kier molecular flexibility index (Phi) is 3.21. The molecule has 0 saturated heterocycles. The average Bonchev–Trinajstić information content (AvgIpc) is 2.92. The number of rotatable bonds is 2. The quantitative estimate of drug-likeness (QED) is 0.676. The molecule has 0 amide bonds. The van der Waals surface area contributed by atoms with E-state index in [1.165, 1.54) is 13.0 Å². The highest BCUT2D eigenvalue weighted by molar-refractivity contribution is 6.01. The lowest BCUT2D eigenvalue weighted by Gasteiger charge is -2.62. The molecule has 0 aromatic carbocycles. The van der Waals surface area contributed by atoms with Crippen molar-refractivity contribution in [2.75, 3.05) is 6.61 Å². The zero-order chi connectivity index (χ0) is 22.5. The summed E-state index contributed by atoms with van der Waals surface area (Å²) >= 11 is 0. The van der Waals surface area contributed by atoms with Crippen molar-refractivity contribution in [3.8, 4) is 0 Å². The van der Waals surface area contributed by atoms with E-state index in [0.29, 0.717) is 0 Å². The number of carbonyl (C=O) groups is 2. The van der Waals surface area contributed by atoms with Crippen LogP contribution in [-0.2, 0) is 9.59 Å². The Balaban J connectivity index is 1.91. The fourth-order valence-electron chi connectivity index (χ4n) is 6.32. The van der Waals surface area contributed by atoms with Gasteiger partial charge in [-0.1, -0.05) is 18.6 Å². The van der Waals surface area contributed by atoms with E-state index < -0.39 is 70.6 Å². The zero-order valence-corrected chi connectivity index (χ0v) is 15.5. The molecular formula is C21H27FO5. The van der Waals surface area contributed by atoms with Crippen LogP contribution in [0.25, 0.3) is 0 Å². The summed E-state index contributed by atoms with van der Waals surface area (Å²) in [7, 11) is 0. The van der Waals surface area contributed by atoms with Gasteiger partial charge in [0.2, 0.25) is 0 Å². The third-order valence-electron chi connectivity index (χ3n) is 7.94. The van der Waals surface area contributed by atoms with E-state index in [1.54, 1.807) is 6.92 Å². The van der Waals surface area contributed by atoms with Crippen molar-refractivity contribution in [2.24, 2.45) is 22.7 Å². The number of hydrogen-bond donors (Lipinski definition) is 3. The van der Waals surface area contributed by atoms with Gasteiger partial charge in [0.05, 0.1) is 7.47 Å². The zero-order valence-electron chi connectivity index (χ0n) is 18.5.